The fourth-order valence-corrected chi connectivity index (χ4v) is 7.85. The van der Waals surface area contributed by atoms with Crippen LogP contribution in [-0.4, -0.2) is 97.4 Å². The number of halogens is 1. The number of benzene rings is 2. The summed E-state index contributed by atoms with van der Waals surface area (Å²) in [6.07, 6.45) is 4.73. The van der Waals surface area contributed by atoms with Gasteiger partial charge in [0.15, 0.2) is 0 Å². The van der Waals surface area contributed by atoms with E-state index in [2.05, 4.69) is 51.9 Å². The maximum atomic E-state index is 13.2. The zero-order chi connectivity index (χ0) is 32.5. The second kappa shape index (κ2) is 13.6. The van der Waals surface area contributed by atoms with Crippen molar-refractivity contribution in [3.8, 4) is 6.07 Å². The molecule has 2 fully saturated rings. The number of nitrogens with zero attached hydrogens (tertiary/aromatic N) is 8. The van der Waals surface area contributed by atoms with E-state index in [-0.39, 0.29) is 25.2 Å². The highest BCUT2D eigenvalue weighted by Gasteiger charge is 2.38. The Hall–Kier alpha value is -4.07. The Bertz CT molecular complexity index is 1640. The Morgan fingerprint density at radius 2 is 1.85 bits per heavy atom. The van der Waals surface area contributed by atoms with E-state index in [1.54, 1.807) is 4.90 Å². The van der Waals surface area contributed by atoms with Crippen LogP contribution in [0.4, 0.5) is 22.2 Å². The van der Waals surface area contributed by atoms with Crippen molar-refractivity contribution in [2.75, 3.05) is 68.1 Å². The van der Waals surface area contributed by atoms with Crippen molar-refractivity contribution >= 4 is 35.1 Å². The number of aryl methyl sites for hydroxylation is 1. The van der Waals surface area contributed by atoms with Gasteiger partial charge in [-0.1, -0.05) is 54.1 Å². The second-order valence-corrected chi connectivity index (χ2v) is 13.8. The summed E-state index contributed by atoms with van der Waals surface area (Å²) in [5.74, 6) is 1.73. The first-order chi connectivity index (χ1) is 22.9. The third kappa shape index (κ3) is 6.43. The van der Waals surface area contributed by atoms with Gasteiger partial charge in [0.1, 0.15) is 12.4 Å². The zero-order valence-corrected chi connectivity index (χ0v) is 28.1. The Morgan fingerprint density at radius 3 is 2.64 bits per heavy atom. The quantitative estimate of drug-likeness (QED) is 0.352. The lowest BCUT2D eigenvalue weighted by atomic mass is 9.88. The molecular weight excluding hydrogens is 612 g/mol. The average Bonchev–Trinajstić information content (AvgIpc) is 3.06. The van der Waals surface area contributed by atoms with E-state index in [1.807, 2.05) is 36.4 Å². The Kier molecular flexibility index (Phi) is 9.11. The number of nitriles is 1. The van der Waals surface area contributed by atoms with E-state index in [1.165, 1.54) is 16.8 Å². The Morgan fingerprint density at radius 1 is 1.02 bits per heavy atom. The number of carbonyl (C=O) groups excluding carboxylic acids is 1. The number of piperazine rings is 1. The van der Waals surface area contributed by atoms with Gasteiger partial charge in [0, 0.05) is 63.3 Å². The van der Waals surface area contributed by atoms with Crippen LogP contribution in [0.3, 0.4) is 0 Å². The lowest BCUT2D eigenvalue weighted by molar-refractivity contribution is 0.0768. The van der Waals surface area contributed by atoms with Crippen LogP contribution >= 0.6 is 11.6 Å². The SMILES string of the molecule is CN(C)C1CN(c2nc3c(c(N4CCN(C(=O)OCc5ccccc5)[C@@H](CC#N)C4)n2)CCC(N2CCCc4cccc(Cl)c42)C3)C1. The van der Waals surface area contributed by atoms with Crippen LogP contribution in [0.15, 0.2) is 48.5 Å². The van der Waals surface area contributed by atoms with Gasteiger partial charge in [-0.05, 0) is 57.0 Å². The number of likely N-dealkylation sites (N-methyl/N-ethyl adjacent to an activating group) is 1. The Labute approximate surface area is 282 Å². The highest BCUT2D eigenvalue weighted by molar-refractivity contribution is 6.33. The topological polar surface area (TPSA) is 92.1 Å². The molecule has 10 nitrogen and oxygen atoms in total. The minimum atomic E-state index is -0.377. The summed E-state index contributed by atoms with van der Waals surface area (Å²) in [6, 6.07) is 18.8. The predicted octanol–water partition coefficient (Wildman–Crippen LogP) is 4.93. The number of amides is 1. The van der Waals surface area contributed by atoms with Crippen LogP contribution in [0.2, 0.25) is 5.02 Å². The standard InChI is InChI=1S/C36H43ClN8O2/c1-41(2)29-22-43(23-29)35-39-32-20-27(44-17-7-11-26-10-6-12-31(37)33(26)44)13-14-30(32)34(40-35)42-18-19-45(28(21-42)15-16-38)36(46)47-24-25-8-4-3-5-9-25/h3-6,8-10,12,27-29H,7,11,13-15,17-24H2,1-2H3/t27?,28-/m0/s1. The molecule has 2 atom stereocenters. The molecule has 1 unspecified atom stereocenters. The summed E-state index contributed by atoms with van der Waals surface area (Å²) >= 11 is 6.80. The van der Waals surface area contributed by atoms with E-state index in [9.17, 15) is 10.1 Å². The number of carbonyl (C=O) groups is 1. The number of fused-ring (bicyclic) bond motifs is 2. The van der Waals surface area contributed by atoms with Crippen LogP contribution in [0.5, 0.6) is 0 Å². The van der Waals surface area contributed by atoms with E-state index < -0.39 is 0 Å². The van der Waals surface area contributed by atoms with Crippen molar-refractivity contribution in [1.82, 2.24) is 19.8 Å². The van der Waals surface area contributed by atoms with Crippen molar-refractivity contribution in [2.24, 2.45) is 0 Å². The molecule has 1 aromatic heterocycles. The third-order valence-corrected chi connectivity index (χ3v) is 10.6. The van der Waals surface area contributed by atoms with Gasteiger partial charge in [-0.25, -0.2) is 9.78 Å². The van der Waals surface area contributed by atoms with Gasteiger partial charge in [0.2, 0.25) is 5.95 Å². The number of hydrogen-bond donors (Lipinski definition) is 0. The summed E-state index contributed by atoms with van der Waals surface area (Å²) in [7, 11) is 4.24. The minimum Gasteiger partial charge on any atom is -0.445 e. The van der Waals surface area contributed by atoms with E-state index in [0.29, 0.717) is 31.7 Å². The second-order valence-electron chi connectivity index (χ2n) is 13.4. The van der Waals surface area contributed by atoms with Crippen molar-refractivity contribution in [3.63, 3.8) is 0 Å². The lowest BCUT2D eigenvalue weighted by Gasteiger charge is -2.45. The first-order valence-corrected chi connectivity index (χ1v) is 17.2. The van der Waals surface area contributed by atoms with Gasteiger partial charge in [-0.2, -0.15) is 10.2 Å². The highest BCUT2D eigenvalue weighted by atomic mass is 35.5. The number of anilines is 3. The summed E-state index contributed by atoms with van der Waals surface area (Å²) in [5.41, 5.74) is 5.76. The molecule has 2 aromatic carbocycles. The molecule has 1 amide bonds. The van der Waals surface area contributed by atoms with Crippen LogP contribution in [0.1, 0.15) is 41.6 Å². The largest absolute Gasteiger partial charge is 0.445 e. The van der Waals surface area contributed by atoms with Crippen LogP contribution in [0.25, 0.3) is 0 Å². The number of rotatable bonds is 7. The molecule has 3 aliphatic heterocycles. The molecule has 246 valence electrons. The molecule has 4 heterocycles. The maximum Gasteiger partial charge on any atom is 0.410 e. The molecule has 7 rings (SSSR count). The van der Waals surface area contributed by atoms with E-state index in [0.717, 1.165) is 79.8 Å². The van der Waals surface area contributed by atoms with Crippen molar-refractivity contribution in [2.45, 2.75) is 63.3 Å². The molecular formula is C36H43ClN8O2. The number of para-hydroxylation sites is 1. The van der Waals surface area contributed by atoms with Crippen LogP contribution in [0, 0.1) is 11.3 Å². The van der Waals surface area contributed by atoms with Gasteiger partial charge in [0.25, 0.3) is 0 Å². The van der Waals surface area contributed by atoms with Crippen LogP contribution < -0.4 is 14.7 Å². The highest BCUT2D eigenvalue weighted by Crippen LogP contribution is 2.40. The normalized spacial score (nSPS) is 21.2. The van der Waals surface area contributed by atoms with Gasteiger partial charge < -0.3 is 29.2 Å². The van der Waals surface area contributed by atoms with Gasteiger partial charge in [0.05, 0.1) is 34.9 Å². The van der Waals surface area contributed by atoms with Crippen molar-refractivity contribution < 1.29 is 9.53 Å². The zero-order valence-electron chi connectivity index (χ0n) is 27.3. The molecule has 0 spiro atoms. The summed E-state index contributed by atoms with van der Waals surface area (Å²) in [5, 5.41) is 10.6. The lowest BCUT2D eigenvalue weighted by Crippen LogP contribution is -2.58. The molecule has 11 heteroatoms. The summed E-state index contributed by atoms with van der Waals surface area (Å²) < 4.78 is 5.69. The summed E-state index contributed by atoms with van der Waals surface area (Å²) in [6.45, 7) is 4.59. The minimum absolute atomic E-state index is 0.208. The molecule has 1 aliphatic carbocycles. The van der Waals surface area contributed by atoms with E-state index >= 15 is 0 Å². The summed E-state index contributed by atoms with van der Waals surface area (Å²) in [4.78, 5) is 34.7. The Balaban J connectivity index is 1.14. The van der Waals surface area contributed by atoms with Crippen molar-refractivity contribution in [1.29, 1.82) is 5.26 Å². The fraction of sp³-hybridized carbons (Fsp3) is 0.500. The van der Waals surface area contributed by atoms with Gasteiger partial charge >= 0.3 is 6.09 Å². The van der Waals surface area contributed by atoms with Gasteiger partial charge in [-0.15, -0.1) is 0 Å². The fourth-order valence-electron chi connectivity index (χ4n) is 7.55. The molecule has 47 heavy (non-hydrogen) atoms. The van der Waals surface area contributed by atoms with Crippen molar-refractivity contribution in [3.05, 3.63) is 75.9 Å². The first kappa shape index (κ1) is 31.5. The number of hydrogen-bond acceptors (Lipinski definition) is 9. The molecule has 4 aliphatic rings. The average molecular weight is 655 g/mol. The van der Waals surface area contributed by atoms with E-state index in [4.69, 9.17) is 26.3 Å². The van der Waals surface area contributed by atoms with Gasteiger partial charge in [-0.3, -0.25) is 0 Å². The molecule has 0 bridgehead atoms. The smallest absolute Gasteiger partial charge is 0.410 e. The molecule has 0 saturated carbocycles. The third-order valence-electron chi connectivity index (χ3n) is 10.3. The number of ether oxygens (including phenoxy) is 1. The predicted molar refractivity (Wildman–Crippen MR) is 184 cm³/mol. The molecule has 2 saturated heterocycles. The molecule has 0 N–H and O–H groups in total. The number of aromatic nitrogens is 2. The monoisotopic (exact) mass is 654 g/mol. The van der Waals surface area contributed by atoms with Crippen LogP contribution in [-0.2, 0) is 30.6 Å². The molecule has 3 aromatic rings. The maximum absolute atomic E-state index is 13.2. The molecule has 0 radical (unpaired) electrons. The first-order valence-electron chi connectivity index (χ1n) is 16.8.